The average molecular weight is 627 g/mol. The van der Waals surface area contributed by atoms with Crippen LogP contribution in [0.2, 0.25) is 0 Å². The van der Waals surface area contributed by atoms with Crippen molar-refractivity contribution in [1.29, 1.82) is 0 Å². The smallest absolute Gasteiger partial charge is 0.337 e. The van der Waals surface area contributed by atoms with Gasteiger partial charge >= 0.3 is 17.9 Å². The van der Waals surface area contributed by atoms with Gasteiger partial charge in [0.15, 0.2) is 10.5 Å². The first-order valence-corrected chi connectivity index (χ1v) is 13.3. The Morgan fingerprint density at radius 1 is 0.778 bits per heavy atom. The molecule has 1 amide bonds. The van der Waals surface area contributed by atoms with E-state index >= 15 is 0 Å². The van der Waals surface area contributed by atoms with Gasteiger partial charge in [-0.1, -0.05) is 18.2 Å². The zero-order valence-electron chi connectivity index (χ0n) is 22.7. The average Bonchev–Trinajstić information content (AvgIpc) is 2.98. The molecule has 1 heterocycles. The highest BCUT2D eigenvalue weighted by Gasteiger charge is 2.22. The number of carbonyl (C=O) groups is 4. The Balaban J connectivity index is 1.38. The zero-order chi connectivity index (χ0) is 32.4. The van der Waals surface area contributed by atoms with Crippen molar-refractivity contribution < 1.29 is 44.0 Å². The number of thiocarbonyl (C=S) groups is 1. The van der Waals surface area contributed by atoms with E-state index in [2.05, 4.69) is 16.0 Å². The summed E-state index contributed by atoms with van der Waals surface area (Å²) < 4.78 is 5.79. The molecule has 0 atom stereocenters. The Hall–Kier alpha value is -6.28. The van der Waals surface area contributed by atoms with Gasteiger partial charge in [0.2, 0.25) is 5.91 Å². The van der Waals surface area contributed by atoms with Crippen LogP contribution in [0.4, 0.5) is 11.4 Å². The maximum atomic E-state index is 12.5. The fourth-order valence-electron chi connectivity index (χ4n) is 4.66. The van der Waals surface area contributed by atoms with E-state index in [4.69, 9.17) is 16.6 Å². The van der Waals surface area contributed by atoms with Crippen molar-refractivity contribution in [2.75, 3.05) is 17.2 Å². The number of aromatic carboxylic acids is 3. The summed E-state index contributed by atoms with van der Waals surface area (Å²) in [5.74, 6) is -4.87. The molecule has 5 rings (SSSR count). The van der Waals surface area contributed by atoms with Gasteiger partial charge in [-0.15, -0.1) is 5.75 Å². The number of carboxylic acid groups (broad SMARTS) is 3. The molecule has 226 valence electrons. The standard InChI is InChI=1S/C31H21N3O10S/c35-16-3-7-20-24(11-16)44-25-12-17(36)4-8-21(25)27(20)18-6-2-15(10-22(18)30(42)43)33-31(45)32-13-26(37)34-23-9-14(28(38)39)1-5-19(23)29(40)41/h1-12,35H,13H2,(H,34,37)(H,38,39)(H,40,41)(H,42,43)(H2,32,33,45)/p-1. The largest absolute Gasteiger partial charge is 0.872 e. The van der Waals surface area contributed by atoms with E-state index in [-0.39, 0.29) is 61.3 Å². The topological polar surface area (TPSA) is 218 Å². The highest BCUT2D eigenvalue weighted by Crippen LogP contribution is 2.42. The van der Waals surface area contributed by atoms with E-state index in [0.29, 0.717) is 16.5 Å². The summed E-state index contributed by atoms with van der Waals surface area (Å²) in [4.78, 5) is 59.7. The summed E-state index contributed by atoms with van der Waals surface area (Å²) in [6.45, 7) is -0.443. The molecule has 1 aliphatic heterocycles. The molecule has 14 heteroatoms. The lowest BCUT2D eigenvalue weighted by Gasteiger charge is -2.18. The van der Waals surface area contributed by atoms with Crippen LogP contribution in [-0.2, 0) is 4.79 Å². The van der Waals surface area contributed by atoms with Crippen LogP contribution >= 0.6 is 12.2 Å². The van der Waals surface area contributed by atoms with Gasteiger partial charge in [0.1, 0.15) is 11.3 Å². The Kier molecular flexibility index (Phi) is 8.15. The van der Waals surface area contributed by atoms with Crippen molar-refractivity contribution in [2.45, 2.75) is 0 Å². The predicted molar refractivity (Wildman–Crippen MR) is 164 cm³/mol. The van der Waals surface area contributed by atoms with E-state index in [1.807, 2.05) is 0 Å². The summed E-state index contributed by atoms with van der Waals surface area (Å²) in [5, 5.41) is 48.8. The van der Waals surface area contributed by atoms with Gasteiger partial charge in [-0.25, -0.2) is 14.4 Å². The fourth-order valence-corrected chi connectivity index (χ4v) is 4.85. The third-order valence-corrected chi connectivity index (χ3v) is 6.87. The summed E-state index contributed by atoms with van der Waals surface area (Å²) in [5.41, 5.74) is 0.322. The number of nitrogens with one attached hydrogen (secondary N) is 3. The maximum absolute atomic E-state index is 12.5. The molecular weight excluding hydrogens is 606 g/mol. The third-order valence-electron chi connectivity index (χ3n) is 6.62. The van der Waals surface area contributed by atoms with Crippen LogP contribution in [0.1, 0.15) is 31.1 Å². The van der Waals surface area contributed by atoms with E-state index < -0.39 is 30.4 Å². The lowest BCUT2D eigenvalue weighted by molar-refractivity contribution is -0.268. The molecule has 0 spiro atoms. The number of hydrogen-bond donors (Lipinski definition) is 6. The molecule has 3 aromatic rings. The van der Waals surface area contributed by atoms with E-state index in [1.165, 1.54) is 54.6 Å². The molecule has 2 aliphatic rings. The molecule has 0 bridgehead atoms. The number of carboxylic acids is 3. The van der Waals surface area contributed by atoms with Crippen LogP contribution < -0.4 is 26.5 Å². The van der Waals surface area contributed by atoms with Crippen molar-refractivity contribution in [3.63, 3.8) is 0 Å². The van der Waals surface area contributed by atoms with Crippen molar-refractivity contribution in [3.8, 4) is 28.2 Å². The quantitative estimate of drug-likeness (QED) is 0.107. The summed E-state index contributed by atoms with van der Waals surface area (Å²) in [6, 6.07) is 15.7. The Morgan fingerprint density at radius 2 is 1.51 bits per heavy atom. The molecule has 0 radical (unpaired) electrons. The second-order valence-corrected chi connectivity index (χ2v) is 9.99. The van der Waals surface area contributed by atoms with Gasteiger partial charge in [-0.2, -0.15) is 0 Å². The van der Waals surface area contributed by atoms with E-state index in [1.54, 1.807) is 0 Å². The Labute approximate surface area is 257 Å². The van der Waals surface area contributed by atoms with Gasteiger partial charge in [-0.3, -0.25) is 9.59 Å². The van der Waals surface area contributed by atoms with Gasteiger partial charge in [0.25, 0.3) is 0 Å². The van der Waals surface area contributed by atoms with Crippen molar-refractivity contribution in [2.24, 2.45) is 0 Å². The van der Waals surface area contributed by atoms with Gasteiger partial charge in [0.05, 0.1) is 28.9 Å². The summed E-state index contributed by atoms with van der Waals surface area (Å²) in [6.07, 6.45) is 0. The molecule has 45 heavy (non-hydrogen) atoms. The number of benzene rings is 4. The zero-order valence-corrected chi connectivity index (χ0v) is 23.6. The highest BCUT2D eigenvalue weighted by molar-refractivity contribution is 7.80. The first kappa shape index (κ1) is 30.2. The lowest BCUT2D eigenvalue weighted by Crippen LogP contribution is -2.35. The summed E-state index contributed by atoms with van der Waals surface area (Å²) >= 11 is 5.23. The highest BCUT2D eigenvalue weighted by atomic mass is 32.1. The number of anilines is 2. The van der Waals surface area contributed by atoms with Crippen LogP contribution in [0.3, 0.4) is 0 Å². The number of amides is 1. The fraction of sp³-hybridized carbons (Fsp3) is 0.0323. The van der Waals surface area contributed by atoms with Crippen molar-refractivity contribution in [3.05, 3.63) is 99.7 Å². The third kappa shape index (κ3) is 6.40. The second-order valence-electron chi connectivity index (χ2n) is 9.59. The van der Waals surface area contributed by atoms with Crippen molar-refractivity contribution in [1.82, 2.24) is 5.32 Å². The molecule has 0 aromatic heterocycles. The predicted octanol–water partition coefficient (Wildman–Crippen LogP) is 3.66. The molecule has 0 unspecified atom stereocenters. The molecule has 0 fully saturated rings. The first-order chi connectivity index (χ1) is 21.4. The monoisotopic (exact) mass is 626 g/mol. The van der Waals surface area contributed by atoms with Crippen LogP contribution in [0.5, 0.6) is 5.75 Å². The van der Waals surface area contributed by atoms with E-state index in [0.717, 1.165) is 18.2 Å². The van der Waals surface area contributed by atoms with Crippen molar-refractivity contribution >= 4 is 63.5 Å². The van der Waals surface area contributed by atoms with Crippen LogP contribution in [-0.4, -0.2) is 50.8 Å². The minimum absolute atomic E-state index is 0.0765. The van der Waals surface area contributed by atoms with E-state index in [9.17, 15) is 44.4 Å². The summed E-state index contributed by atoms with van der Waals surface area (Å²) in [7, 11) is 0. The maximum Gasteiger partial charge on any atom is 0.337 e. The molecule has 1 aliphatic carbocycles. The van der Waals surface area contributed by atoms with Gasteiger partial charge < -0.3 is 40.8 Å². The molecule has 0 saturated heterocycles. The number of rotatable bonds is 8. The number of fused-ring (bicyclic) bond motifs is 2. The van der Waals surface area contributed by atoms with Crippen LogP contribution in [0.15, 0.2) is 82.0 Å². The first-order valence-electron chi connectivity index (χ1n) is 12.9. The minimum atomic E-state index is -1.37. The lowest BCUT2D eigenvalue weighted by atomic mass is 9.90. The number of hydrogen-bond acceptors (Lipinski definition) is 8. The molecule has 13 nitrogen and oxygen atoms in total. The molecular formula is C31H20N3O10S-. The van der Waals surface area contributed by atoms with Gasteiger partial charge in [0, 0.05) is 28.3 Å². The van der Waals surface area contributed by atoms with Gasteiger partial charge in [-0.05, 0) is 66.3 Å². The number of carbonyl (C=O) groups excluding carboxylic acids is 1. The second kappa shape index (κ2) is 12.1. The van der Waals surface area contributed by atoms with Crippen LogP contribution in [0, 0.1) is 0 Å². The molecule has 0 saturated carbocycles. The Morgan fingerprint density at radius 3 is 2.22 bits per heavy atom. The minimum Gasteiger partial charge on any atom is -0.872 e. The Bertz CT molecular complexity index is 2090. The molecule has 3 aromatic carbocycles. The normalized spacial score (nSPS) is 10.8. The van der Waals surface area contributed by atoms with Crippen LogP contribution in [0.25, 0.3) is 33.4 Å². The SMILES string of the molecule is O=C(CNC(=S)Nc1ccc(-c2c3ccc(=O)cc-3oc3cc([O-])ccc23)c(C(=O)O)c1)Nc1cc(C(=O)O)ccc1C(=O)O. The molecule has 6 N–H and O–H groups in total.